The standard InChI is InChI=1S/C22H41N3O2/c1-5-7-9-11-13-15-21(26)24-19(3)17-23-18-20(4)25-22(27)16-14-12-10-8-6-2/h11-14,19-20,23H,5-10,15-18H2,1-4H3,(H,24,26)(H,25,27)/b13-11+,14-12+. The van der Waals surface area contributed by atoms with Gasteiger partial charge < -0.3 is 16.0 Å². The van der Waals surface area contributed by atoms with Gasteiger partial charge in [-0.2, -0.15) is 0 Å². The van der Waals surface area contributed by atoms with Crippen molar-refractivity contribution < 1.29 is 9.59 Å². The quantitative estimate of drug-likeness (QED) is 0.282. The van der Waals surface area contributed by atoms with Gasteiger partial charge in [0, 0.05) is 38.0 Å². The molecule has 2 unspecified atom stereocenters. The number of allylic oxidation sites excluding steroid dienone is 2. The summed E-state index contributed by atoms with van der Waals surface area (Å²) in [6.07, 6.45) is 15.7. The van der Waals surface area contributed by atoms with E-state index in [0.717, 1.165) is 12.8 Å². The Balaban J connectivity index is 3.78. The van der Waals surface area contributed by atoms with E-state index in [1.807, 2.05) is 26.0 Å². The van der Waals surface area contributed by atoms with E-state index in [2.05, 4.69) is 41.9 Å². The molecule has 0 spiro atoms. The predicted molar refractivity (Wildman–Crippen MR) is 115 cm³/mol. The minimum absolute atomic E-state index is 0.0493. The molecule has 0 radical (unpaired) electrons. The van der Waals surface area contributed by atoms with Crippen molar-refractivity contribution in [1.29, 1.82) is 0 Å². The zero-order chi connectivity index (χ0) is 20.3. The van der Waals surface area contributed by atoms with Gasteiger partial charge in [0.15, 0.2) is 0 Å². The van der Waals surface area contributed by atoms with E-state index in [9.17, 15) is 9.59 Å². The zero-order valence-corrected chi connectivity index (χ0v) is 17.9. The highest BCUT2D eigenvalue weighted by Crippen LogP contribution is 1.97. The number of nitrogens with one attached hydrogen (secondary N) is 3. The molecule has 0 saturated heterocycles. The van der Waals surface area contributed by atoms with E-state index in [1.54, 1.807) is 0 Å². The zero-order valence-electron chi connectivity index (χ0n) is 17.9. The third-order valence-corrected chi connectivity index (χ3v) is 4.10. The molecule has 3 N–H and O–H groups in total. The third kappa shape index (κ3) is 17.5. The van der Waals surface area contributed by atoms with Crippen LogP contribution < -0.4 is 16.0 Å². The van der Waals surface area contributed by atoms with Gasteiger partial charge >= 0.3 is 0 Å². The van der Waals surface area contributed by atoms with Gasteiger partial charge in [-0.05, 0) is 26.7 Å². The molecule has 156 valence electrons. The van der Waals surface area contributed by atoms with Gasteiger partial charge in [0.05, 0.1) is 0 Å². The van der Waals surface area contributed by atoms with Gasteiger partial charge in [0.1, 0.15) is 0 Å². The molecule has 0 aromatic carbocycles. The fourth-order valence-corrected chi connectivity index (χ4v) is 2.55. The summed E-state index contributed by atoms with van der Waals surface area (Å²) in [5, 5.41) is 9.26. The molecule has 0 bridgehead atoms. The van der Waals surface area contributed by atoms with E-state index < -0.39 is 0 Å². The maximum absolute atomic E-state index is 11.8. The molecule has 5 nitrogen and oxygen atoms in total. The number of hydrogen-bond acceptors (Lipinski definition) is 3. The second-order valence-corrected chi connectivity index (χ2v) is 7.23. The van der Waals surface area contributed by atoms with Crippen molar-refractivity contribution in [2.75, 3.05) is 13.1 Å². The second kappa shape index (κ2) is 17.8. The summed E-state index contributed by atoms with van der Waals surface area (Å²) in [7, 11) is 0. The van der Waals surface area contributed by atoms with E-state index in [1.165, 1.54) is 25.7 Å². The van der Waals surface area contributed by atoms with Crippen LogP contribution in [0.5, 0.6) is 0 Å². The Bertz CT molecular complexity index is 407. The van der Waals surface area contributed by atoms with Crippen LogP contribution in [-0.4, -0.2) is 37.0 Å². The summed E-state index contributed by atoms with van der Waals surface area (Å²) < 4.78 is 0. The average molecular weight is 380 g/mol. The van der Waals surface area contributed by atoms with E-state index >= 15 is 0 Å². The first-order valence-corrected chi connectivity index (χ1v) is 10.6. The van der Waals surface area contributed by atoms with Crippen LogP contribution in [0.3, 0.4) is 0 Å². The Morgan fingerprint density at radius 3 is 1.52 bits per heavy atom. The normalized spacial score (nSPS) is 13.8. The molecule has 27 heavy (non-hydrogen) atoms. The lowest BCUT2D eigenvalue weighted by molar-refractivity contribution is -0.121. The molecule has 2 atom stereocenters. The van der Waals surface area contributed by atoms with Crippen LogP contribution >= 0.6 is 0 Å². The molecular formula is C22H41N3O2. The lowest BCUT2D eigenvalue weighted by atomic mass is 10.2. The van der Waals surface area contributed by atoms with Gasteiger partial charge in [0.25, 0.3) is 0 Å². The number of rotatable bonds is 16. The van der Waals surface area contributed by atoms with Gasteiger partial charge in [0.2, 0.25) is 11.8 Å². The van der Waals surface area contributed by atoms with Crippen LogP contribution in [0.2, 0.25) is 0 Å². The Labute approximate surface area is 166 Å². The van der Waals surface area contributed by atoms with Crippen molar-refractivity contribution in [3.63, 3.8) is 0 Å². The van der Waals surface area contributed by atoms with Gasteiger partial charge in [-0.3, -0.25) is 9.59 Å². The number of hydrogen-bond donors (Lipinski definition) is 3. The van der Waals surface area contributed by atoms with Gasteiger partial charge in [-0.25, -0.2) is 0 Å². The number of unbranched alkanes of at least 4 members (excludes halogenated alkanes) is 4. The van der Waals surface area contributed by atoms with Crippen molar-refractivity contribution >= 4 is 11.8 Å². The summed E-state index contributed by atoms with van der Waals surface area (Å²) in [6.45, 7) is 9.65. The summed E-state index contributed by atoms with van der Waals surface area (Å²) in [6, 6.07) is 0.122. The maximum Gasteiger partial charge on any atom is 0.224 e. The molecule has 0 aromatic heterocycles. The molecule has 0 aliphatic heterocycles. The first-order valence-electron chi connectivity index (χ1n) is 10.6. The van der Waals surface area contributed by atoms with Gasteiger partial charge in [-0.1, -0.05) is 63.8 Å². The highest BCUT2D eigenvalue weighted by atomic mass is 16.2. The monoisotopic (exact) mass is 379 g/mol. The largest absolute Gasteiger partial charge is 0.352 e. The minimum atomic E-state index is 0.0493. The molecule has 0 aliphatic rings. The van der Waals surface area contributed by atoms with E-state index in [4.69, 9.17) is 0 Å². The molecule has 0 fully saturated rings. The lowest BCUT2D eigenvalue weighted by Crippen LogP contribution is -2.45. The molecule has 5 heteroatoms. The van der Waals surface area contributed by atoms with Crippen molar-refractivity contribution in [2.45, 2.75) is 91.1 Å². The molecule has 0 rings (SSSR count). The molecule has 0 aliphatic carbocycles. The lowest BCUT2D eigenvalue weighted by Gasteiger charge is -2.18. The Morgan fingerprint density at radius 2 is 1.15 bits per heavy atom. The molecule has 0 aromatic rings. The first kappa shape index (κ1) is 25.4. The fraction of sp³-hybridized carbons (Fsp3) is 0.727. The maximum atomic E-state index is 11.8. The summed E-state index contributed by atoms with van der Waals surface area (Å²) >= 11 is 0. The van der Waals surface area contributed by atoms with Crippen molar-refractivity contribution in [3.05, 3.63) is 24.3 Å². The highest BCUT2D eigenvalue weighted by Gasteiger charge is 2.08. The van der Waals surface area contributed by atoms with Crippen molar-refractivity contribution in [1.82, 2.24) is 16.0 Å². The topological polar surface area (TPSA) is 70.2 Å². The number of carbonyl (C=O) groups excluding carboxylic acids is 2. The Hall–Kier alpha value is -1.62. The smallest absolute Gasteiger partial charge is 0.224 e. The van der Waals surface area contributed by atoms with Crippen LogP contribution in [0.25, 0.3) is 0 Å². The van der Waals surface area contributed by atoms with Crippen LogP contribution in [-0.2, 0) is 9.59 Å². The summed E-state index contributed by atoms with van der Waals surface area (Å²) in [5.74, 6) is 0.0986. The number of amides is 2. The van der Waals surface area contributed by atoms with Crippen LogP contribution in [0.4, 0.5) is 0 Å². The minimum Gasteiger partial charge on any atom is -0.352 e. The SMILES string of the molecule is CCCC/C=C/CC(=O)NC(C)CNCC(C)NC(=O)C/C=C/CCCC. The van der Waals surface area contributed by atoms with Crippen molar-refractivity contribution in [2.24, 2.45) is 0 Å². The van der Waals surface area contributed by atoms with Gasteiger partial charge in [-0.15, -0.1) is 0 Å². The second-order valence-electron chi connectivity index (χ2n) is 7.23. The Kier molecular flexibility index (Phi) is 16.7. The highest BCUT2D eigenvalue weighted by molar-refractivity contribution is 5.78. The average Bonchev–Trinajstić information content (AvgIpc) is 2.61. The predicted octanol–water partition coefficient (Wildman–Crippen LogP) is 3.86. The third-order valence-electron chi connectivity index (χ3n) is 4.10. The molecular weight excluding hydrogens is 338 g/mol. The number of carbonyl (C=O) groups is 2. The van der Waals surface area contributed by atoms with Crippen LogP contribution in [0, 0.1) is 0 Å². The van der Waals surface area contributed by atoms with Crippen LogP contribution in [0.1, 0.15) is 79.1 Å². The van der Waals surface area contributed by atoms with E-state index in [-0.39, 0.29) is 23.9 Å². The van der Waals surface area contributed by atoms with Crippen molar-refractivity contribution in [3.8, 4) is 0 Å². The summed E-state index contributed by atoms with van der Waals surface area (Å²) in [4.78, 5) is 23.7. The molecule has 0 saturated carbocycles. The Morgan fingerprint density at radius 1 is 0.741 bits per heavy atom. The first-order chi connectivity index (χ1) is 13.0. The molecule has 0 heterocycles. The van der Waals surface area contributed by atoms with Crippen LogP contribution in [0.15, 0.2) is 24.3 Å². The fourth-order valence-electron chi connectivity index (χ4n) is 2.55. The van der Waals surface area contributed by atoms with E-state index in [0.29, 0.717) is 25.9 Å². The molecule has 2 amide bonds. The summed E-state index contributed by atoms with van der Waals surface area (Å²) in [5.41, 5.74) is 0.